The molecule has 0 spiro atoms. The van der Waals surface area contributed by atoms with Gasteiger partial charge in [-0.3, -0.25) is 0 Å². The molecule has 0 aliphatic carbocycles. The van der Waals surface area contributed by atoms with Gasteiger partial charge in [-0.25, -0.2) is 4.98 Å². The molecule has 110 valence electrons. The van der Waals surface area contributed by atoms with E-state index in [1.54, 1.807) is 7.11 Å². The van der Waals surface area contributed by atoms with Crippen LogP contribution in [0.1, 0.15) is 26.1 Å². The second-order valence-corrected chi connectivity index (χ2v) is 5.02. The lowest BCUT2D eigenvalue weighted by Crippen LogP contribution is -2.21. The average molecular weight is 269 g/mol. The van der Waals surface area contributed by atoms with Crippen molar-refractivity contribution in [3.05, 3.63) is 18.2 Å². The van der Waals surface area contributed by atoms with Gasteiger partial charge in [-0.05, 0) is 18.9 Å². The second-order valence-electron chi connectivity index (χ2n) is 5.02. The first-order chi connectivity index (χ1) is 9.24. The molecule has 0 bridgehead atoms. The van der Waals surface area contributed by atoms with Crippen molar-refractivity contribution in [3.63, 3.8) is 0 Å². The van der Waals surface area contributed by atoms with Crippen molar-refractivity contribution < 1.29 is 9.47 Å². The standard InChI is InChI=1S/C14H27N3O2/c1-13(2)11-15-12-14-16-5-7-17(14)6-4-8-19-10-9-18-3/h5,7,13,15H,4,6,8-12H2,1-3H3. The highest BCUT2D eigenvalue weighted by atomic mass is 16.5. The van der Waals surface area contributed by atoms with Crippen molar-refractivity contribution in [2.24, 2.45) is 5.92 Å². The van der Waals surface area contributed by atoms with Crippen LogP contribution in [0.15, 0.2) is 12.4 Å². The predicted molar refractivity (Wildman–Crippen MR) is 76.1 cm³/mol. The Bertz CT molecular complexity index is 326. The quantitative estimate of drug-likeness (QED) is 0.621. The van der Waals surface area contributed by atoms with Crippen LogP contribution in [-0.2, 0) is 22.6 Å². The van der Waals surface area contributed by atoms with E-state index in [1.807, 2.05) is 12.4 Å². The van der Waals surface area contributed by atoms with E-state index >= 15 is 0 Å². The highest BCUT2D eigenvalue weighted by Crippen LogP contribution is 2.00. The molecule has 0 aliphatic heterocycles. The normalized spacial score (nSPS) is 11.4. The maximum Gasteiger partial charge on any atom is 0.122 e. The van der Waals surface area contributed by atoms with Crippen molar-refractivity contribution in [2.45, 2.75) is 33.4 Å². The van der Waals surface area contributed by atoms with Gasteiger partial charge >= 0.3 is 0 Å². The molecule has 5 nitrogen and oxygen atoms in total. The SMILES string of the molecule is COCCOCCCn1ccnc1CNCC(C)C. The molecular weight excluding hydrogens is 242 g/mol. The summed E-state index contributed by atoms with van der Waals surface area (Å²) < 4.78 is 12.6. The maximum atomic E-state index is 5.45. The van der Waals surface area contributed by atoms with Gasteiger partial charge < -0.3 is 19.4 Å². The van der Waals surface area contributed by atoms with Crippen LogP contribution in [-0.4, -0.2) is 43.0 Å². The van der Waals surface area contributed by atoms with Gasteiger partial charge in [0, 0.05) is 32.7 Å². The van der Waals surface area contributed by atoms with E-state index in [-0.39, 0.29) is 0 Å². The topological polar surface area (TPSA) is 48.3 Å². The van der Waals surface area contributed by atoms with Crippen LogP contribution in [0.25, 0.3) is 0 Å². The molecule has 19 heavy (non-hydrogen) atoms. The minimum absolute atomic E-state index is 0.662. The summed E-state index contributed by atoms with van der Waals surface area (Å²) >= 11 is 0. The monoisotopic (exact) mass is 269 g/mol. The first kappa shape index (κ1) is 16.1. The van der Waals surface area contributed by atoms with E-state index in [4.69, 9.17) is 9.47 Å². The average Bonchev–Trinajstić information content (AvgIpc) is 2.81. The molecule has 1 heterocycles. The van der Waals surface area contributed by atoms with E-state index in [1.165, 1.54) is 0 Å². The minimum Gasteiger partial charge on any atom is -0.382 e. The number of aromatic nitrogens is 2. The number of rotatable bonds is 11. The highest BCUT2D eigenvalue weighted by molar-refractivity contribution is 4.91. The maximum absolute atomic E-state index is 5.45. The summed E-state index contributed by atoms with van der Waals surface area (Å²) in [5.74, 6) is 1.76. The van der Waals surface area contributed by atoms with Crippen molar-refractivity contribution in [1.82, 2.24) is 14.9 Å². The van der Waals surface area contributed by atoms with Crippen molar-refractivity contribution in [1.29, 1.82) is 0 Å². The number of nitrogens with one attached hydrogen (secondary N) is 1. The van der Waals surface area contributed by atoms with Gasteiger partial charge in [0.2, 0.25) is 0 Å². The summed E-state index contributed by atoms with van der Waals surface area (Å²) in [6.07, 6.45) is 4.89. The van der Waals surface area contributed by atoms with Gasteiger partial charge in [-0.2, -0.15) is 0 Å². The Balaban J connectivity index is 2.17. The van der Waals surface area contributed by atoms with Crippen LogP contribution in [0.5, 0.6) is 0 Å². The van der Waals surface area contributed by atoms with Crippen LogP contribution in [0.3, 0.4) is 0 Å². The van der Waals surface area contributed by atoms with Crippen LogP contribution >= 0.6 is 0 Å². The Hall–Kier alpha value is -0.910. The molecule has 5 heteroatoms. The number of imidazole rings is 1. The Morgan fingerprint density at radius 1 is 1.32 bits per heavy atom. The number of hydrogen-bond acceptors (Lipinski definition) is 4. The molecule has 0 aromatic carbocycles. The Kier molecular flexibility index (Phi) is 8.45. The summed E-state index contributed by atoms with van der Waals surface area (Å²) in [5.41, 5.74) is 0. The highest BCUT2D eigenvalue weighted by Gasteiger charge is 2.02. The van der Waals surface area contributed by atoms with Gasteiger partial charge in [0.05, 0.1) is 19.8 Å². The van der Waals surface area contributed by atoms with E-state index in [2.05, 4.69) is 28.7 Å². The zero-order valence-electron chi connectivity index (χ0n) is 12.4. The summed E-state index contributed by atoms with van der Waals surface area (Å²) in [7, 11) is 1.69. The molecule has 1 N–H and O–H groups in total. The molecule has 0 saturated heterocycles. The lowest BCUT2D eigenvalue weighted by Gasteiger charge is -2.10. The molecule has 1 aromatic rings. The molecule has 0 radical (unpaired) electrons. The molecule has 0 fully saturated rings. The second kappa shape index (κ2) is 9.95. The van der Waals surface area contributed by atoms with Gasteiger partial charge in [-0.15, -0.1) is 0 Å². The van der Waals surface area contributed by atoms with E-state index in [0.717, 1.165) is 38.5 Å². The zero-order valence-corrected chi connectivity index (χ0v) is 12.4. The fourth-order valence-electron chi connectivity index (χ4n) is 1.76. The molecule has 0 unspecified atom stereocenters. The Morgan fingerprint density at radius 2 is 2.16 bits per heavy atom. The summed E-state index contributed by atoms with van der Waals surface area (Å²) in [6, 6.07) is 0. The van der Waals surface area contributed by atoms with Crippen molar-refractivity contribution in [2.75, 3.05) is 33.5 Å². The summed E-state index contributed by atoms with van der Waals surface area (Å²) in [4.78, 5) is 4.38. The first-order valence-corrected chi connectivity index (χ1v) is 7.01. The van der Waals surface area contributed by atoms with Gasteiger partial charge in [-0.1, -0.05) is 13.8 Å². The smallest absolute Gasteiger partial charge is 0.122 e. The third kappa shape index (κ3) is 7.30. The van der Waals surface area contributed by atoms with Gasteiger partial charge in [0.15, 0.2) is 0 Å². The number of methoxy groups -OCH3 is 1. The Morgan fingerprint density at radius 3 is 2.89 bits per heavy atom. The van der Waals surface area contributed by atoms with E-state index in [0.29, 0.717) is 19.1 Å². The number of ether oxygens (including phenoxy) is 2. The van der Waals surface area contributed by atoms with Gasteiger partial charge in [0.1, 0.15) is 5.82 Å². The molecule has 0 saturated carbocycles. The molecule has 0 atom stereocenters. The summed E-state index contributed by atoms with van der Waals surface area (Å²) in [6.45, 7) is 9.31. The van der Waals surface area contributed by atoms with Crippen LogP contribution in [0.2, 0.25) is 0 Å². The lowest BCUT2D eigenvalue weighted by molar-refractivity contribution is 0.0679. The fourth-order valence-corrected chi connectivity index (χ4v) is 1.76. The molecule has 0 amide bonds. The largest absolute Gasteiger partial charge is 0.382 e. The van der Waals surface area contributed by atoms with E-state index < -0.39 is 0 Å². The van der Waals surface area contributed by atoms with E-state index in [9.17, 15) is 0 Å². The van der Waals surface area contributed by atoms with Crippen molar-refractivity contribution in [3.8, 4) is 0 Å². The number of aryl methyl sites for hydroxylation is 1. The van der Waals surface area contributed by atoms with Crippen LogP contribution < -0.4 is 5.32 Å². The minimum atomic E-state index is 0.662. The first-order valence-electron chi connectivity index (χ1n) is 7.01. The Labute approximate surface area is 116 Å². The molecular formula is C14H27N3O2. The fraction of sp³-hybridized carbons (Fsp3) is 0.786. The molecule has 0 aliphatic rings. The lowest BCUT2D eigenvalue weighted by atomic mass is 10.2. The zero-order chi connectivity index (χ0) is 13.9. The number of hydrogen-bond donors (Lipinski definition) is 1. The molecule has 1 rings (SSSR count). The third-order valence-corrected chi connectivity index (χ3v) is 2.76. The van der Waals surface area contributed by atoms with Gasteiger partial charge in [0.25, 0.3) is 0 Å². The van der Waals surface area contributed by atoms with Crippen LogP contribution in [0, 0.1) is 5.92 Å². The summed E-state index contributed by atoms with van der Waals surface area (Å²) in [5, 5.41) is 3.41. The van der Waals surface area contributed by atoms with Crippen molar-refractivity contribution >= 4 is 0 Å². The third-order valence-electron chi connectivity index (χ3n) is 2.76. The molecule has 1 aromatic heterocycles. The number of nitrogens with zero attached hydrogens (tertiary/aromatic N) is 2. The van der Waals surface area contributed by atoms with Crippen LogP contribution in [0.4, 0.5) is 0 Å². The predicted octanol–water partition coefficient (Wildman–Crippen LogP) is 1.68.